The van der Waals surface area contributed by atoms with Crippen LogP contribution >= 0.6 is 0 Å². The van der Waals surface area contributed by atoms with E-state index in [1.807, 2.05) is 6.08 Å². The van der Waals surface area contributed by atoms with E-state index in [0.717, 1.165) is 42.4 Å². The van der Waals surface area contributed by atoms with Crippen molar-refractivity contribution in [3.05, 3.63) is 35.8 Å². The van der Waals surface area contributed by atoms with E-state index in [-0.39, 0.29) is 0 Å². The van der Waals surface area contributed by atoms with Crippen LogP contribution in [0.2, 0.25) is 0 Å². The molecular weight excluding hydrogens is 414 g/mol. The summed E-state index contributed by atoms with van der Waals surface area (Å²) in [5.41, 5.74) is 2.89. The van der Waals surface area contributed by atoms with Crippen LogP contribution in [0.5, 0.6) is 0 Å². The largest absolute Gasteiger partial charge is 0.512 e. The van der Waals surface area contributed by atoms with Crippen molar-refractivity contribution < 1.29 is 5.11 Å². The van der Waals surface area contributed by atoms with E-state index < -0.39 is 0 Å². The molecular formula is C32H55NO. The van der Waals surface area contributed by atoms with Gasteiger partial charge in [-0.05, 0) is 74.2 Å². The van der Waals surface area contributed by atoms with Gasteiger partial charge in [-0.3, -0.25) is 0 Å². The van der Waals surface area contributed by atoms with Crippen LogP contribution in [0, 0.1) is 48.4 Å². The van der Waals surface area contributed by atoms with Crippen molar-refractivity contribution in [3.63, 3.8) is 0 Å². The average molecular weight is 470 g/mol. The van der Waals surface area contributed by atoms with Crippen molar-refractivity contribution >= 4 is 0 Å². The van der Waals surface area contributed by atoms with Crippen molar-refractivity contribution in [2.75, 3.05) is 0 Å². The molecule has 0 saturated heterocycles. The van der Waals surface area contributed by atoms with Crippen molar-refractivity contribution in [2.24, 2.45) is 35.5 Å². The van der Waals surface area contributed by atoms with Gasteiger partial charge in [-0.2, -0.15) is 0 Å². The molecule has 0 aromatic rings. The first kappa shape index (κ1) is 30.4. The number of hydrogen-bond donors (Lipinski definition) is 2. The number of terminal acetylenes is 1. The predicted molar refractivity (Wildman–Crippen MR) is 151 cm³/mol. The molecule has 2 nitrogen and oxygen atoms in total. The lowest BCUT2D eigenvalue weighted by molar-refractivity contribution is -0.0242. The number of aliphatic hydroxyl groups excluding tert-OH is 1. The van der Waals surface area contributed by atoms with Crippen LogP contribution in [0.3, 0.4) is 0 Å². The third-order valence-electron chi connectivity index (χ3n) is 8.55. The average Bonchev–Trinajstić information content (AvgIpc) is 2.84. The van der Waals surface area contributed by atoms with Crippen LogP contribution in [-0.4, -0.2) is 11.1 Å². The summed E-state index contributed by atoms with van der Waals surface area (Å²) >= 11 is 0. The minimum Gasteiger partial charge on any atom is -0.512 e. The van der Waals surface area contributed by atoms with Crippen molar-refractivity contribution in [1.29, 1.82) is 0 Å². The first-order valence-electron chi connectivity index (χ1n) is 14.2. The van der Waals surface area contributed by atoms with Gasteiger partial charge in [-0.15, -0.1) is 12.8 Å². The second kappa shape index (κ2) is 16.1. The van der Waals surface area contributed by atoms with E-state index in [9.17, 15) is 5.11 Å². The monoisotopic (exact) mass is 469 g/mol. The van der Waals surface area contributed by atoms with E-state index in [1.165, 1.54) is 63.5 Å². The molecule has 34 heavy (non-hydrogen) atoms. The van der Waals surface area contributed by atoms with Crippen LogP contribution in [0.1, 0.15) is 112 Å². The Kier molecular flexibility index (Phi) is 14.4. The van der Waals surface area contributed by atoms with Gasteiger partial charge in [-0.1, -0.05) is 85.5 Å². The highest BCUT2D eigenvalue weighted by Crippen LogP contribution is 2.55. The second-order valence-corrected chi connectivity index (χ2v) is 11.1. The fourth-order valence-electron chi connectivity index (χ4n) is 6.64. The third kappa shape index (κ3) is 8.55. The summed E-state index contributed by atoms with van der Waals surface area (Å²) in [6.45, 7) is 18.2. The fourth-order valence-corrected chi connectivity index (χ4v) is 6.64. The molecule has 194 valence electrons. The lowest BCUT2D eigenvalue weighted by Crippen LogP contribution is -2.51. The lowest BCUT2D eigenvalue weighted by atomic mass is 9.51. The quantitative estimate of drug-likeness (QED) is 0.312. The first-order chi connectivity index (χ1) is 16.3. The number of allylic oxidation sites excluding steroid dienone is 5. The van der Waals surface area contributed by atoms with Crippen molar-refractivity contribution in [1.82, 2.24) is 5.32 Å². The molecule has 2 fully saturated rings. The Balaban J connectivity index is 0.000000326. The number of hydrogen-bond acceptors (Lipinski definition) is 2. The normalized spacial score (nSPS) is 26.4. The Morgan fingerprint density at radius 1 is 1.03 bits per heavy atom. The van der Waals surface area contributed by atoms with Crippen LogP contribution in [-0.2, 0) is 0 Å². The molecule has 5 atom stereocenters. The Morgan fingerprint density at radius 3 is 2.09 bits per heavy atom. The summed E-state index contributed by atoms with van der Waals surface area (Å²) in [6, 6.07) is 0.604. The van der Waals surface area contributed by atoms with Gasteiger partial charge in [0.25, 0.3) is 0 Å². The van der Waals surface area contributed by atoms with Gasteiger partial charge < -0.3 is 10.4 Å². The van der Waals surface area contributed by atoms with Crippen molar-refractivity contribution in [2.45, 2.75) is 118 Å². The standard InChI is InChI=1S/C17H31N.C13H22O.C2H2/c1-6-16(11(2)3)18-13(5)17-12(4)14-9-7-8-10-15(14)17;1-3-5-11(6-4-2)12-7-9-13(14)10-8-12;1-2/h11-12,14-18H,5-10H2,1-4H3;7,9,11,14H,3-6,8,10H2,1-2H3;1-2H. The maximum absolute atomic E-state index is 9.29. The van der Waals surface area contributed by atoms with Gasteiger partial charge in [0.2, 0.25) is 0 Å². The molecule has 0 bridgehead atoms. The molecule has 2 heteroatoms. The molecule has 3 rings (SSSR count). The minimum atomic E-state index is 0.542. The summed E-state index contributed by atoms with van der Waals surface area (Å²) in [7, 11) is 0. The lowest BCUT2D eigenvalue weighted by Gasteiger charge is -2.55. The topological polar surface area (TPSA) is 32.3 Å². The molecule has 0 spiro atoms. The highest BCUT2D eigenvalue weighted by Gasteiger charge is 2.49. The minimum absolute atomic E-state index is 0.542. The molecule has 0 amide bonds. The summed E-state index contributed by atoms with van der Waals surface area (Å²) in [5.74, 6) is 5.56. The van der Waals surface area contributed by atoms with Crippen molar-refractivity contribution in [3.8, 4) is 12.8 Å². The number of fused-ring (bicyclic) bond motifs is 1. The Labute approximate surface area is 212 Å². The molecule has 3 aliphatic carbocycles. The van der Waals surface area contributed by atoms with Crippen LogP contribution in [0.4, 0.5) is 0 Å². The van der Waals surface area contributed by atoms with Gasteiger partial charge in [0, 0.05) is 24.1 Å². The zero-order valence-electron chi connectivity index (χ0n) is 23.3. The molecule has 0 aromatic carbocycles. The summed E-state index contributed by atoms with van der Waals surface area (Å²) in [5, 5.41) is 13.0. The molecule has 0 radical (unpaired) electrons. The van der Waals surface area contributed by atoms with E-state index in [4.69, 9.17) is 0 Å². The highest BCUT2D eigenvalue weighted by molar-refractivity contribution is 5.22. The smallest absolute Gasteiger partial charge is 0.0925 e. The van der Waals surface area contributed by atoms with E-state index >= 15 is 0 Å². The zero-order valence-corrected chi connectivity index (χ0v) is 23.3. The van der Waals surface area contributed by atoms with Crippen LogP contribution < -0.4 is 5.32 Å². The third-order valence-corrected chi connectivity index (χ3v) is 8.55. The summed E-state index contributed by atoms with van der Waals surface area (Å²) in [6.07, 6.45) is 26.1. The molecule has 2 N–H and O–H groups in total. The van der Waals surface area contributed by atoms with E-state index in [0.29, 0.717) is 17.7 Å². The van der Waals surface area contributed by atoms with Gasteiger partial charge in [0.05, 0.1) is 5.76 Å². The van der Waals surface area contributed by atoms with E-state index in [2.05, 4.69) is 72.4 Å². The zero-order chi connectivity index (χ0) is 25.7. The summed E-state index contributed by atoms with van der Waals surface area (Å²) < 4.78 is 0. The fraction of sp³-hybridized carbons (Fsp3) is 0.750. The molecule has 0 aromatic heterocycles. The molecule has 3 aliphatic rings. The van der Waals surface area contributed by atoms with Crippen LogP contribution in [0.15, 0.2) is 35.8 Å². The Bertz CT molecular complexity index is 664. The molecule has 0 aliphatic heterocycles. The van der Waals surface area contributed by atoms with Crippen LogP contribution in [0.25, 0.3) is 0 Å². The maximum Gasteiger partial charge on any atom is 0.0925 e. The molecule has 5 unspecified atom stereocenters. The van der Waals surface area contributed by atoms with Gasteiger partial charge in [0.15, 0.2) is 0 Å². The summed E-state index contributed by atoms with van der Waals surface area (Å²) in [4.78, 5) is 0. The predicted octanol–water partition coefficient (Wildman–Crippen LogP) is 9.21. The SMILES string of the molecule is C#C.C=C(NC(CC)C(C)C)C1C(C)C2CCCCC21.CCCC(CCC)C1=CC=C(O)CC1. The number of rotatable bonds is 10. The molecule has 0 heterocycles. The Hall–Kier alpha value is -1.62. The van der Waals surface area contributed by atoms with Gasteiger partial charge >= 0.3 is 0 Å². The second-order valence-electron chi connectivity index (χ2n) is 11.1. The maximum atomic E-state index is 9.29. The highest BCUT2D eigenvalue weighted by atomic mass is 16.3. The number of nitrogens with one attached hydrogen (secondary N) is 1. The number of aliphatic hydroxyl groups is 1. The molecule has 2 saturated carbocycles. The first-order valence-corrected chi connectivity index (χ1v) is 14.2. The Morgan fingerprint density at radius 2 is 1.62 bits per heavy atom. The van der Waals surface area contributed by atoms with E-state index in [1.54, 1.807) is 5.57 Å². The van der Waals surface area contributed by atoms with Gasteiger partial charge in [0.1, 0.15) is 0 Å². The van der Waals surface area contributed by atoms with Gasteiger partial charge in [-0.25, -0.2) is 0 Å².